The van der Waals surface area contributed by atoms with Gasteiger partial charge >= 0.3 is 5.97 Å². The zero-order valence-corrected chi connectivity index (χ0v) is 23.2. The van der Waals surface area contributed by atoms with Crippen LogP contribution < -0.4 is 15.8 Å². The molecule has 5 fully saturated rings. The van der Waals surface area contributed by atoms with Crippen molar-refractivity contribution in [1.82, 2.24) is 19.8 Å². The predicted molar refractivity (Wildman–Crippen MR) is 152 cm³/mol. The van der Waals surface area contributed by atoms with Gasteiger partial charge in [0.05, 0.1) is 17.1 Å². The van der Waals surface area contributed by atoms with Crippen LogP contribution in [0.1, 0.15) is 83.1 Å². The van der Waals surface area contributed by atoms with Gasteiger partial charge < -0.3 is 19.9 Å². The molecule has 4 heterocycles. The molecule has 5 aliphatic rings. The Hall–Kier alpha value is -2.45. The topological polar surface area (TPSA) is 90.7 Å². The zero-order valence-electron chi connectivity index (χ0n) is 23.2. The van der Waals surface area contributed by atoms with E-state index in [2.05, 4.69) is 10.2 Å². The number of piperidine rings is 2. The molecule has 1 aromatic carbocycles. The summed E-state index contributed by atoms with van der Waals surface area (Å²) in [5.74, 6) is 1.18. The Morgan fingerprint density at radius 3 is 2.26 bits per heavy atom. The van der Waals surface area contributed by atoms with E-state index in [1.807, 2.05) is 28.8 Å². The summed E-state index contributed by atoms with van der Waals surface area (Å²) in [6.45, 7) is 0.474. The number of carboxylic acids is 1. The molecule has 210 valence electrons. The van der Waals surface area contributed by atoms with Gasteiger partial charge in [-0.3, -0.25) is 9.69 Å². The lowest BCUT2D eigenvalue weighted by molar-refractivity contribution is -0.140. The molecular formula is C31H43N5O3. The summed E-state index contributed by atoms with van der Waals surface area (Å²) in [5.41, 5.74) is 1.52. The second kappa shape index (κ2) is 10.2. The van der Waals surface area contributed by atoms with Crippen molar-refractivity contribution in [3.8, 4) is 0 Å². The molecule has 0 radical (unpaired) electrons. The maximum Gasteiger partial charge on any atom is 0.328 e. The maximum absolute atomic E-state index is 14.2. The minimum atomic E-state index is -0.919. The number of aromatic nitrogens is 2. The molecule has 0 spiro atoms. The highest BCUT2D eigenvalue weighted by atomic mass is 16.4. The molecule has 2 aromatic rings. The van der Waals surface area contributed by atoms with Gasteiger partial charge in [-0.05, 0) is 76.0 Å². The molecule has 8 nitrogen and oxygen atoms in total. The number of fused-ring (bicyclic) bond motifs is 5. The standard InChI is InChI=1S/C31H43N5O3/c1-32-26-18-34(28(26)31(38)39)29-30(37)36(27-12-5-4-11-25(27)33-29)24-16-21-9-6-10-22(17-24)35(21)23-14-19-7-2-3-8-20(13-19)15-23/h4-5,11-12,19-24,26,28,32H,2-3,6-10,13-18H2,1H3,(H,38,39). The van der Waals surface area contributed by atoms with E-state index in [0.717, 1.165) is 35.7 Å². The van der Waals surface area contributed by atoms with E-state index in [9.17, 15) is 14.7 Å². The third-order valence-electron chi connectivity index (χ3n) is 10.9. The molecule has 2 aliphatic carbocycles. The highest BCUT2D eigenvalue weighted by molar-refractivity contribution is 5.83. The van der Waals surface area contributed by atoms with Crippen LogP contribution >= 0.6 is 0 Å². The molecule has 2 saturated carbocycles. The lowest BCUT2D eigenvalue weighted by Gasteiger charge is -2.54. The van der Waals surface area contributed by atoms with Crippen molar-refractivity contribution >= 4 is 22.8 Å². The van der Waals surface area contributed by atoms with E-state index in [1.54, 1.807) is 11.9 Å². The minimum Gasteiger partial charge on any atom is -0.480 e. The molecule has 2 N–H and O–H groups in total. The summed E-state index contributed by atoms with van der Waals surface area (Å²) in [6.07, 6.45) is 15.6. The van der Waals surface area contributed by atoms with Crippen LogP contribution in [0.3, 0.4) is 0 Å². The molecule has 3 saturated heterocycles. The van der Waals surface area contributed by atoms with Crippen molar-refractivity contribution in [2.75, 3.05) is 18.5 Å². The predicted octanol–water partition coefficient (Wildman–Crippen LogP) is 4.17. The maximum atomic E-state index is 14.2. The number of hydrogen-bond donors (Lipinski definition) is 2. The first-order chi connectivity index (χ1) is 19.0. The van der Waals surface area contributed by atoms with Gasteiger partial charge in [0.1, 0.15) is 6.04 Å². The zero-order chi connectivity index (χ0) is 26.7. The van der Waals surface area contributed by atoms with Crippen LogP contribution in [0.25, 0.3) is 11.0 Å². The Morgan fingerprint density at radius 2 is 1.59 bits per heavy atom. The smallest absolute Gasteiger partial charge is 0.328 e. The molecule has 1 aromatic heterocycles. The molecule has 8 heteroatoms. The van der Waals surface area contributed by atoms with Gasteiger partial charge in [0.25, 0.3) is 5.56 Å². The van der Waals surface area contributed by atoms with E-state index in [-0.39, 0.29) is 23.5 Å². The average molecular weight is 534 g/mol. The molecule has 6 unspecified atom stereocenters. The number of anilines is 1. The number of rotatable bonds is 5. The lowest BCUT2D eigenvalue weighted by Crippen LogP contribution is -2.69. The van der Waals surface area contributed by atoms with Crippen LogP contribution in [0.15, 0.2) is 29.1 Å². The van der Waals surface area contributed by atoms with Gasteiger partial charge in [-0.15, -0.1) is 0 Å². The monoisotopic (exact) mass is 533 g/mol. The molecule has 4 bridgehead atoms. The molecule has 0 amide bonds. The van der Waals surface area contributed by atoms with Crippen LogP contribution in [0.5, 0.6) is 0 Å². The normalized spacial score (nSPS) is 36.8. The molecule has 6 atom stereocenters. The minimum absolute atomic E-state index is 0.117. The van der Waals surface area contributed by atoms with E-state index < -0.39 is 12.0 Å². The van der Waals surface area contributed by atoms with E-state index in [0.29, 0.717) is 24.7 Å². The van der Waals surface area contributed by atoms with Crippen LogP contribution in [-0.4, -0.2) is 69.3 Å². The summed E-state index contributed by atoms with van der Waals surface area (Å²) in [7, 11) is 1.78. The molecule has 39 heavy (non-hydrogen) atoms. The number of nitrogens with zero attached hydrogens (tertiary/aromatic N) is 4. The fourth-order valence-corrected chi connectivity index (χ4v) is 9.27. The summed E-state index contributed by atoms with van der Waals surface area (Å²) in [4.78, 5) is 35.6. The van der Waals surface area contributed by atoms with Crippen molar-refractivity contribution in [1.29, 1.82) is 0 Å². The number of aliphatic carboxylic acids is 1. The lowest BCUT2D eigenvalue weighted by atomic mass is 9.73. The Balaban J connectivity index is 1.22. The van der Waals surface area contributed by atoms with Crippen LogP contribution in [0.4, 0.5) is 5.82 Å². The number of likely N-dealkylation sites (N-methyl/N-ethyl adjacent to an activating group) is 1. The van der Waals surface area contributed by atoms with Crippen LogP contribution in [0.2, 0.25) is 0 Å². The summed E-state index contributed by atoms with van der Waals surface area (Å²) in [5, 5.41) is 13.0. The summed E-state index contributed by atoms with van der Waals surface area (Å²) < 4.78 is 2.01. The van der Waals surface area contributed by atoms with Gasteiger partial charge in [0, 0.05) is 30.7 Å². The van der Waals surface area contributed by atoms with E-state index in [4.69, 9.17) is 4.98 Å². The van der Waals surface area contributed by atoms with Gasteiger partial charge in [0.15, 0.2) is 5.82 Å². The molecule has 3 aliphatic heterocycles. The van der Waals surface area contributed by atoms with Crippen LogP contribution in [-0.2, 0) is 4.79 Å². The number of nitrogens with one attached hydrogen (secondary N) is 1. The van der Waals surface area contributed by atoms with Gasteiger partial charge in [-0.2, -0.15) is 0 Å². The number of carboxylic acid groups (broad SMARTS) is 1. The first-order valence-corrected chi connectivity index (χ1v) is 15.5. The number of carbonyl (C=O) groups is 1. The Labute approximate surface area is 230 Å². The molecule has 7 rings (SSSR count). The third-order valence-corrected chi connectivity index (χ3v) is 10.9. The average Bonchev–Trinajstić information content (AvgIpc) is 3.06. The number of para-hydroxylation sites is 2. The number of hydrogen-bond acceptors (Lipinski definition) is 6. The van der Waals surface area contributed by atoms with Crippen molar-refractivity contribution < 1.29 is 9.90 Å². The first kappa shape index (κ1) is 25.5. The number of benzene rings is 1. The molecular weight excluding hydrogens is 490 g/mol. The SMILES string of the molecule is CNC1CN(c2nc3ccccc3n(C3CC4CCCC(C3)N4C3CC4CCCCC(C4)C3)c2=O)C1C(=O)O. The van der Waals surface area contributed by atoms with Crippen molar-refractivity contribution in [3.63, 3.8) is 0 Å². The Morgan fingerprint density at radius 1 is 0.897 bits per heavy atom. The van der Waals surface area contributed by atoms with Crippen LogP contribution in [0, 0.1) is 11.8 Å². The fourth-order valence-electron chi connectivity index (χ4n) is 9.27. The highest BCUT2D eigenvalue weighted by Crippen LogP contribution is 2.47. The highest BCUT2D eigenvalue weighted by Gasteiger charge is 2.47. The van der Waals surface area contributed by atoms with Gasteiger partial charge in [0.2, 0.25) is 0 Å². The van der Waals surface area contributed by atoms with E-state index in [1.165, 1.54) is 64.2 Å². The Kier molecular flexibility index (Phi) is 6.66. The summed E-state index contributed by atoms with van der Waals surface area (Å²) in [6, 6.07) is 8.83. The first-order valence-electron chi connectivity index (χ1n) is 15.5. The third kappa shape index (κ3) is 4.38. The van der Waals surface area contributed by atoms with Crippen molar-refractivity contribution in [3.05, 3.63) is 34.6 Å². The largest absolute Gasteiger partial charge is 0.480 e. The van der Waals surface area contributed by atoms with Crippen molar-refractivity contribution in [2.45, 2.75) is 113 Å². The fraction of sp³-hybridized carbons (Fsp3) is 0.710. The second-order valence-electron chi connectivity index (χ2n) is 13.1. The quantitative estimate of drug-likeness (QED) is 0.596. The van der Waals surface area contributed by atoms with Gasteiger partial charge in [-0.25, -0.2) is 9.78 Å². The Bertz CT molecular complexity index is 1270. The second-order valence-corrected chi connectivity index (χ2v) is 13.1. The van der Waals surface area contributed by atoms with Crippen molar-refractivity contribution in [2.24, 2.45) is 11.8 Å². The van der Waals surface area contributed by atoms with Gasteiger partial charge in [-0.1, -0.05) is 44.2 Å². The summed E-state index contributed by atoms with van der Waals surface area (Å²) >= 11 is 0. The van der Waals surface area contributed by atoms with E-state index >= 15 is 0 Å².